The molecule has 1 heterocycles. The van der Waals surface area contributed by atoms with Crippen LogP contribution in [0.15, 0.2) is 30.3 Å². The Morgan fingerprint density at radius 3 is 2.71 bits per heavy atom. The number of hydrogen-bond donors (Lipinski definition) is 2. The third kappa shape index (κ3) is 3.92. The van der Waals surface area contributed by atoms with Crippen molar-refractivity contribution in [2.45, 2.75) is 26.8 Å². The van der Waals surface area contributed by atoms with Crippen molar-refractivity contribution in [3.63, 3.8) is 0 Å². The molecule has 2 N–H and O–H groups in total. The SMILES string of the molecule is CNCCC(=O)NCc1ccccc1-n1nc(C)cc1C. The molecule has 0 fully saturated rings. The van der Waals surface area contributed by atoms with Gasteiger partial charge in [0, 0.05) is 25.2 Å². The molecule has 0 saturated carbocycles. The lowest BCUT2D eigenvalue weighted by Crippen LogP contribution is -2.26. The summed E-state index contributed by atoms with van der Waals surface area (Å²) in [5, 5.41) is 10.4. The minimum absolute atomic E-state index is 0.0486. The van der Waals surface area contributed by atoms with Gasteiger partial charge in [0.1, 0.15) is 0 Å². The van der Waals surface area contributed by atoms with Crippen molar-refractivity contribution in [1.82, 2.24) is 20.4 Å². The predicted molar refractivity (Wildman–Crippen MR) is 83.4 cm³/mol. The monoisotopic (exact) mass is 286 g/mol. The van der Waals surface area contributed by atoms with Crippen molar-refractivity contribution in [2.75, 3.05) is 13.6 Å². The molecular formula is C16H22N4O. The third-order valence-electron chi connectivity index (χ3n) is 3.31. The molecule has 0 spiro atoms. The fraction of sp³-hybridized carbons (Fsp3) is 0.375. The van der Waals surface area contributed by atoms with Crippen LogP contribution < -0.4 is 10.6 Å². The van der Waals surface area contributed by atoms with Crippen molar-refractivity contribution in [2.24, 2.45) is 0 Å². The molecule has 0 bridgehead atoms. The van der Waals surface area contributed by atoms with Gasteiger partial charge in [-0.3, -0.25) is 4.79 Å². The Morgan fingerprint density at radius 1 is 1.29 bits per heavy atom. The number of para-hydroxylation sites is 1. The first kappa shape index (κ1) is 15.3. The Morgan fingerprint density at radius 2 is 2.05 bits per heavy atom. The molecule has 1 aromatic heterocycles. The third-order valence-corrected chi connectivity index (χ3v) is 3.31. The molecule has 0 saturated heterocycles. The molecule has 2 rings (SSSR count). The van der Waals surface area contributed by atoms with Gasteiger partial charge in [-0.2, -0.15) is 5.10 Å². The molecule has 0 radical (unpaired) electrons. The summed E-state index contributed by atoms with van der Waals surface area (Å²) >= 11 is 0. The lowest BCUT2D eigenvalue weighted by atomic mass is 10.1. The van der Waals surface area contributed by atoms with Crippen LogP contribution in [0.5, 0.6) is 0 Å². The molecule has 1 amide bonds. The van der Waals surface area contributed by atoms with E-state index in [1.54, 1.807) is 0 Å². The van der Waals surface area contributed by atoms with Crippen LogP contribution in [0.4, 0.5) is 0 Å². The largest absolute Gasteiger partial charge is 0.352 e. The number of amides is 1. The summed E-state index contributed by atoms with van der Waals surface area (Å²) in [6.45, 7) is 5.20. The van der Waals surface area contributed by atoms with E-state index in [0.29, 0.717) is 19.5 Å². The maximum Gasteiger partial charge on any atom is 0.221 e. The molecule has 5 heteroatoms. The zero-order valence-corrected chi connectivity index (χ0v) is 12.8. The van der Waals surface area contributed by atoms with E-state index in [-0.39, 0.29) is 5.91 Å². The van der Waals surface area contributed by atoms with Crippen molar-refractivity contribution in [3.05, 3.63) is 47.3 Å². The molecule has 5 nitrogen and oxygen atoms in total. The van der Waals surface area contributed by atoms with E-state index in [2.05, 4.69) is 15.7 Å². The summed E-state index contributed by atoms with van der Waals surface area (Å²) in [5.41, 5.74) is 4.14. The molecule has 0 atom stereocenters. The summed E-state index contributed by atoms with van der Waals surface area (Å²) in [5.74, 6) is 0.0486. The normalized spacial score (nSPS) is 10.6. The van der Waals surface area contributed by atoms with Gasteiger partial charge in [0.2, 0.25) is 5.91 Å². The number of carbonyl (C=O) groups excluding carboxylic acids is 1. The Bertz CT molecular complexity index is 618. The van der Waals surface area contributed by atoms with E-state index in [1.165, 1.54) is 0 Å². The quantitative estimate of drug-likeness (QED) is 0.850. The molecule has 112 valence electrons. The topological polar surface area (TPSA) is 59.0 Å². The van der Waals surface area contributed by atoms with Gasteiger partial charge < -0.3 is 10.6 Å². The van der Waals surface area contributed by atoms with Crippen LogP contribution in [0.1, 0.15) is 23.4 Å². The zero-order chi connectivity index (χ0) is 15.2. The first-order valence-electron chi connectivity index (χ1n) is 7.14. The average molecular weight is 286 g/mol. The van der Waals surface area contributed by atoms with Crippen molar-refractivity contribution in [3.8, 4) is 5.69 Å². The van der Waals surface area contributed by atoms with Crippen LogP contribution in [0, 0.1) is 13.8 Å². The van der Waals surface area contributed by atoms with Gasteiger partial charge in [-0.25, -0.2) is 4.68 Å². The molecular weight excluding hydrogens is 264 g/mol. The number of rotatable bonds is 6. The number of aryl methyl sites for hydroxylation is 2. The van der Waals surface area contributed by atoms with Gasteiger partial charge in [0.25, 0.3) is 0 Å². The number of carbonyl (C=O) groups is 1. The van der Waals surface area contributed by atoms with E-state index in [4.69, 9.17) is 0 Å². The van der Waals surface area contributed by atoms with Gasteiger partial charge >= 0.3 is 0 Å². The van der Waals surface area contributed by atoms with Crippen LogP contribution in [0.2, 0.25) is 0 Å². The highest BCUT2D eigenvalue weighted by molar-refractivity contribution is 5.76. The lowest BCUT2D eigenvalue weighted by molar-refractivity contribution is -0.121. The summed E-state index contributed by atoms with van der Waals surface area (Å²) in [6.07, 6.45) is 0.485. The van der Waals surface area contributed by atoms with E-state index in [1.807, 2.05) is 55.9 Å². The van der Waals surface area contributed by atoms with E-state index >= 15 is 0 Å². The fourth-order valence-electron chi connectivity index (χ4n) is 2.26. The van der Waals surface area contributed by atoms with Crippen molar-refractivity contribution < 1.29 is 4.79 Å². The van der Waals surface area contributed by atoms with Crippen LogP contribution in [0.3, 0.4) is 0 Å². The minimum Gasteiger partial charge on any atom is -0.352 e. The van der Waals surface area contributed by atoms with Gasteiger partial charge in [-0.05, 0) is 38.6 Å². The first-order chi connectivity index (χ1) is 10.1. The van der Waals surface area contributed by atoms with Gasteiger partial charge in [0.05, 0.1) is 11.4 Å². The second kappa shape index (κ2) is 7.04. The Hall–Kier alpha value is -2.14. The molecule has 21 heavy (non-hydrogen) atoms. The van der Waals surface area contributed by atoms with Gasteiger partial charge in [-0.1, -0.05) is 18.2 Å². The molecule has 1 aromatic carbocycles. The van der Waals surface area contributed by atoms with Gasteiger partial charge in [-0.15, -0.1) is 0 Å². The highest BCUT2D eigenvalue weighted by Gasteiger charge is 2.09. The average Bonchev–Trinajstić information content (AvgIpc) is 2.81. The van der Waals surface area contributed by atoms with Crippen LogP contribution in [-0.2, 0) is 11.3 Å². The summed E-state index contributed by atoms with van der Waals surface area (Å²) < 4.78 is 1.92. The second-order valence-corrected chi connectivity index (χ2v) is 5.10. The van der Waals surface area contributed by atoms with Crippen LogP contribution >= 0.6 is 0 Å². The van der Waals surface area contributed by atoms with Crippen LogP contribution in [-0.4, -0.2) is 29.3 Å². The lowest BCUT2D eigenvalue weighted by Gasteiger charge is -2.12. The van der Waals surface area contributed by atoms with Crippen LogP contribution in [0.25, 0.3) is 5.69 Å². The van der Waals surface area contributed by atoms with E-state index in [9.17, 15) is 4.79 Å². The van der Waals surface area contributed by atoms with E-state index < -0.39 is 0 Å². The first-order valence-corrected chi connectivity index (χ1v) is 7.14. The Balaban J connectivity index is 2.14. The number of aromatic nitrogens is 2. The summed E-state index contributed by atoms with van der Waals surface area (Å²) in [7, 11) is 1.84. The highest BCUT2D eigenvalue weighted by Crippen LogP contribution is 2.16. The number of hydrogen-bond acceptors (Lipinski definition) is 3. The maximum atomic E-state index is 11.7. The zero-order valence-electron chi connectivity index (χ0n) is 12.8. The van der Waals surface area contributed by atoms with E-state index in [0.717, 1.165) is 22.6 Å². The Kier molecular flexibility index (Phi) is 5.11. The van der Waals surface area contributed by atoms with Gasteiger partial charge in [0.15, 0.2) is 0 Å². The number of benzene rings is 1. The smallest absolute Gasteiger partial charge is 0.221 e. The molecule has 0 aliphatic heterocycles. The molecule has 0 aliphatic carbocycles. The summed E-state index contributed by atoms with van der Waals surface area (Å²) in [4.78, 5) is 11.7. The Labute approximate surface area is 125 Å². The highest BCUT2D eigenvalue weighted by atomic mass is 16.1. The second-order valence-electron chi connectivity index (χ2n) is 5.10. The molecule has 2 aromatic rings. The van der Waals surface area contributed by atoms with Crippen molar-refractivity contribution >= 4 is 5.91 Å². The fourth-order valence-corrected chi connectivity index (χ4v) is 2.26. The summed E-state index contributed by atoms with van der Waals surface area (Å²) in [6, 6.07) is 10.0. The number of nitrogens with one attached hydrogen (secondary N) is 2. The predicted octanol–water partition coefficient (Wildman–Crippen LogP) is 1.71. The molecule has 0 aliphatic rings. The van der Waals surface area contributed by atoms with Crippen molar-refractivity contribution in [1.29, 1.82) is 0 Å². The maximum absolute atomic E-state index is 11.7. The minimum atomic E-state index is 0.0486. The standard InChI is InChI=1S/C16H22N4O/c1-12-10-13(2)20(19-12)15-7-5-4-6-14(15)11-18-16(21)8-9-17-3/h4-7,10,17H,8-9,11H2,1-3H3,(H,18,21). The number of nitrogens with zero attached hydrogens (tertiary/aromatic N) is 2. The molecule has 0 unspecified atom stereocenters.